The minimum atomic E-state index is -0.668. The van der Waals surface area contributed by atoms with Crippen molar-refractivity contribution in [3.63, 3.8) is 0 Å². The monoisotopic (exact) mass is 366 g/mol. The molecule has 8 heteroatoms. The van der Waals surface area contributed by atoms with Crippen LogP contribution in [0.5, 0.6) is 5.75 Å². The molecule has 0 aliphatic carbocycles. The number of benzene rings is 2. The van der Waals surface area contributed by atoms with E-state index >= 15 is 0 Å². The van der Waals surface area contributed by atoms with Crippen molar-refractivity contribution in [3.8, 4) is 5.75 Å². The zero-order chi connectivity index (χ0) is 19.4. The Labute approximate surface area is 157 Å². The van der Waals surface area contributed by atoms with Crippen LogP contribution >= 0.6 is 0 Å². The van der Waals surface area contributed by atoms with Crippen molar-refractivity contribution in [2.24, 2.45) is 0 Å². The fourth-order valence-corrected chi connectivity index (χ4v) is 2.51. The largest absolute Gasteiger partial charge is 0.481 e. The van der Waals surface area contributed by atoms with Crippen molar-refractivity contribution >= 4 is 28.6 Å². The van der Waals surface area contributed by atoms with E-state index in [9.17, 15) is 4.79 Å². The normalized spacial score (nSPS) is 11.8. The Bertz CT molecular complexity index is 960. The maximum atomic E-state index is 12.3. The van der Waals surface area contributed by atoms with E-state index in [2.05, 4.69) is 20.3 Å². The van der Waals surface area contributed by atoms with Crippen molar-refractivity contribution in [1.82, 2.24) is 20.3 Å². The van der Waals surface area contributed by atoms with Gasteiger partial charge in [-0.05, 0) is 29.8 Å². The molecule has 3 rings (SSSR count). The second kappa shape index (κ2) is 7.86. The first-order valence-corrected chi connectivity index (χ1v) is 8.53. The minimum absolute atomic E-state index is 0.110. The maximum absolute atomic E-state index is 12.3. The van der Waals surface area contributed by atoms with Crippen LogP contribution in [0.25, 0.3) is 10.8 Å². The number of anilines is 2. The van der Waals surface area contributed by atoms with E-state index in [-0.39, 0.29) is 18.4 Å². The van der Waals surface area contributed by atoms with Gasteiger partial charge in [0.1, 0.15) is 5.75 Å². The highest BCUT2D eigenvalue weighted by molar-refractivity contribution is 5.84. The average Bonchev–Trinajstić information content (AvgIpc) is 2.65. The lowest BCUT2D eigenvalue weighted by atomic mass is 10.1. The van der Waals surface area contributed by atoms with E-state index in [0.29, 0.717) is 17.5 Å². The molecule has 0 radical (unpaired) electrons. The topological polar surface area (TPSA) is 106 Å². The molecule has 0 saturated carbocycles. The molecular weight excluding hydrogens is 344 g/mol. The number of ether oxygens (including phenoxy) is 1. The molecule has 1 amide bonds. The molecule has 0 bridgehead atoms. The molecule has 0 saturated heterocycles. The van der Waals surface area contributed by atoms with Crippen LogP contribution in [0.2, 0.25) is 0 Å². The molecule has 3 aromatic rings. The Morgan fingerprint density at radius 2 is 1.89 bits per heavy atom. The standard InChI is InChI=1S/C19H22N6O2/c1-12(27-15-9-8-13-6-4-5-7-14(13)10-15)17(26)21-11-16-22-18(20)24-19(23-16)25(2)3/h4-10,12H,11H2,1-3H3,(H,21,26)(H2,20,22,23,24)/t12-/m0/s1. The summed E-state index contributed by atoms with van der Waals surface area (Å²) in [5.41, 5.74) is 5.68. The summed E-state index contributed by atoms with van der Waals surface area (Å²) >= 11 is 0. The number of aromatic nitrogens is 3. The van der Waals surface area contributed by atoms with Gasteiger partial charge in [0, 0.05) is 14.1 Å². The molecular formula is C19H22N6O2. The summed E-state index contributed by atoms with van der Waals surface area (Å²) in [5.74, 6) is 1.30. The third kappa shape index (κ3) is 4.60. The van der Waals surface area contributed by atoms with Gasteiger partial charge in [-0.1, -0.05) is 30.3 Å². The van der Waals surface area contributed by atoms with Gasteiger partial charge in [-0.15, -0.1) is 0 Å². The lowest BCUT2D eigenvalue weighted by molar-refractivity contribution is -0.127. The van der Waals surface area contributed by atoms with Gasteiger partial charge in [-0.2, -0.15) is 15.0 Å². The summed E-state index contributed by atoms with van der Waals surface area (Å²) in [5, 5.41) is 4.93. The van der Waals surface area contributed by atoms with Crippen molar-refractivity contribution in [3.05, 3.63) is 48.3 Å². The second-order valence-corrected chi connectivity index (χ2v) is 6.29. The molecule has 27 heavy (non-hydrogen) atoms. The smallest absolute Gasteiger partial charge is 0.261 e. The predicted octanol–water partition coefficient (Wildman–Crippen LogP) is 1.76. The van der Waals surface area contributed by atoms with Crippen LogP contribution in [-0.4, -0.2) is 41.1 Å². The Morgan fingerprint density at radius 3 is 2.63 bits per heavy atom. The fraction of sp³-hybridized carbons (Fsp3) is 0.263. The molecule has 1 atom stereocenters. The van der Waals surface area contributed by atoms with Crippen LogP contribution in [0.4, 0.5) is 11.9 Å². The van der Waals surface area contributed by atoms with E-state index in [1.807, 2.05) is 42.5 Å². The molecule has 1 heterocycles. The van der Waals surface area contributed by atoms with Gasteiger partial charge in [0.2, 0.25) is 11.9 Å². The Morgan fingerprint density at radius 1 is 1.15 bits per heavy atom. The number of rotatable bonds is 6. The highest BCUT2D eigenvalue weighted by Crippen LogP contribution is 2.21. The first-order valence-electron chi connectivity index (χ1n) is 8.53. The van der Waals surface area contributed by atoms with Crippen molar-refractivity contribution in [1.29, 1.82) is 0 Å². The van der Waals surface area contributed by atoms with Gasteiger partial charge in [0.25, 0.3) is 5.91 Å². The Balaban J connectivity index is 1.62. The summed E-state index contributed by atoms with van der Waals surface area (Å²) < 4.78 is 5.76. The lowest BCUT2D eigenvalue weighted by Crippen LogP contribution is -2.36. The molecule has 0 aliphatic heterocycles. The van der Waals surface area contributed by atoms with Gasteiger partial charge in [0.15, 0.2) is 11.9 Å². The zero-order valence-electron chi connectivity index (χ0n) is 15.5. The van der Waals surface area contributed by atoms with Crippen LogP contribution in [0.15, 0.2) is 42.5 Å². The average molecular weight is 366 g/mol. The van der Waals surface area contributed by atoms with Crippen molar-refractivity contribution in [2.45, 2.75) is 19.6 Å². The van der Waals surface area contributed by atoms with Crippen LogP contribution < -0.4 is 20.7 Å². The number of carbonyl (C=O) groups is 1. The third-order valence-corrected chi connectivity index (χ3v) is 3.91. The van der Waals surface area contributed by atoms with E-state index in [4.69, 9.17) is 10.5 Å². The minimum Gasteiger partial charge on any atom is -0.481 e. The molecule has 140 valence electrons. The molecule has 1 aromatic heterocycles. The maximum Gasteiger partial charge on any atom is 0.261 e. The molecule has 2 aromatic carbocycles. The van der Waals surface area contributed by atoms with Gasteiger partial charge in [-0.3, -0.25) is 4.79 Å². The number of hydrogen-bond donors (Lipinski definition) is 2. The zero-order valence-corrected chi connectivity index (χ0v) is 15.5. The summed E-state index contributed by atoms with van der Waals surface area (Å²) in [6.07, 6.45) is -0.668. The first-order chi connectivity index (χ1) is 12.9. The van der Waals surface area contributed by atoms with Gasteiger partial charge in [0.05, 0.1) is 6.54 Å². The molecule has 8 nitrogen and oxygen atoms in total. The summed E-state index contributed by atoms with van der Waals surface area (Å²) in [7, 11) is 3.60. The molecule has 3 N–H and O–H groups in total. The second-order valence-electron chi connectivity index (χ2n) is 6.29. The van der Waals surface area contributed by atoms with E-state index in [0.717, 1.165) is 10.8 Å². The SMILES string of the molecule is C[C@H](Oc1ccc2ccccc2c1)C(=O)NCc1nc(N)nc(N(C)C)n1. The molecule has 0 unspecified atom stereocenters. The quantitative estimate of drug-likeness (QED) is 0.684. The van der Waals surface area contributed by atoms with Crippen LogP contribution in [0.3, 0.4) is 0 Å². The molecule has 0 aliphatic rings. The van der Waals surface area contributed by atoms with E-state index in [1.54, 1.807) is 25.9 Å². The van der Waals surface area contributed by atoms with Crippen LogP contribution in [0.1, 0.15) is 12.7 Å². The lowest BCUT2D eigenvalue weighted by Gasteiger charge is -2.15. The van der Waals surface area contributed by atoms with Gasteiger partial charge < -0.3 is 20.7 Å². The molecule has 0 fully saturated rings. The number of nitrogens with zero attached hydrogens (tertiary/aromatic N) is 4. The van der Waals surface area contributed by atoms with Crippen molar-refractivity contribution < 1.29 is 9.53 Å². The summed E-state index contributed by atoms with van der Waals surface area (Å²) in [6, 6.07) is 13.7. The van der Waals surface area contributed by atoms with Crippen LogP contribution in [-0.2, 0) is 11.3 Å². The number of nitrogens with one attached hydrogen (secondary N) is 1. The van der Waals surface area contributed by atoms with E-state index < -0.39 is 6.10 Å². The summed E-state index contributed by atoms with van der Waals surface area (Å²) in [6.45, 7) is 1.83. The number of amides is 1. The summed E-state index contributed by atoms with van der Waals surface area (Å²) in [4.78, 5) is 26.4. The third-order valence-electron chi connectivity index (χ3n) is 3.91. The Hall–Kier alpha value is -3.42. The first kappa shape index (κ1) is 18.4. The van der Waals surface area contributed by atoms with Gasteiger partial charge in [-0.25, -0.2) is 0 Å². The van der Waals surface area contributed by atoms with Crippen molar-refractivity contribution in [2.75, 3.05) is 24.7 Å². The fourth-order valence-electron chi connectivity index (χ4n) is 2.51. The highest BCUT2D eigenvalue weighted by atomic mass is 16.5. The molecule has 0 spiro atoms. The Kier molecular flexibility index (Phi) is 5.35. The number of fused-ring (bicyclic) bond motifs is 1. The number of hydrogen-bond acceptors (Lipinski definition) is 7. The van der Waals surface area contributed by atoms with Gasteiger partial charge >= 0.3 is 0 Å². The predicted molar refractivity (Wildman–Crippen MR) is 104 cm³/mol. The van der Waals surface area contributed by atoms with E-state index in [1.165, 1.54) is 0 Å². The number of nitrogen functional groups attached to an aromatic ring is 1. The highest BCUT2D eigenvalue weighted by Gasteiger charge is 2.16. The number of carbonyl (C=O) groups excluding carboxylic acids is 1. The van der Waals surface area contributed by atoms with Crippen LogP contribution in [0, 0.1) is 0 Å². The number of nitrogens with two attached hydrogens (primary N) is 1.